The first-order chi connectivity index (χ1) is 9.11. The van der Waals surface area contributed by atoms with Crippen molar-refractivity contribution in [2.24, 2.45) is 5.92 Å². The fourth-order valence-electron chi connectivity index (χ4n) is 2.29. The molecule has 2 N–H and O–H groups in total. The second-order valence-electron chi connectivity index (χ2n) is 5.09. The van der Waals surface area contributed by atoms with Gasteiger partial charge in [-0.05, 0) is 31.6 Å². The van der Waals surface area contributed by atoms with E-state index in [-0.39, 0.29) is 0 Å². The van der Waals surface area contributed by atoms with Crippen molar-refractivity contribution in [2.75, 3.05) is 6.54 Å². The molecule has 0 unspecified atom stereocenters. The van der Waals surface area contributed by atoms with Crippen LogP contribution < -0.4 is 9.44 Å². The van der Waals surface area contributed by atoms with Crippen LogP contribution in [0.1, 0.15) is 39.0 Å². The molecule has 0 spiro atoms. The van der Waals surface area contributed by atoms with E-state index in [1.165, 1.54) is 4.72 Å². The zero-order chi connectivity index (χ0) is 15.4. The van der Waals surface area contributed by atoms with Gasteiger partial charge in [0.1, 0.15) is 12.1 Å². The maximum absolute atomic E-state index is 12.0. The van der Waals surface area contributed by atoms with Crippen molar-refractivity contribution in [1.82, 2.24) is 9.44 Å². The number of rotatable bonds is 5. The van der Waals surface area contributed by atoms with E-state index < -0.39 is 28.5 Å². The van der Waals surface area contributed by atoms with Crippen LogP contribution in [-0.4, -0.2) is 26.7 Å². The van der Waals surface area contributed by atoms with Crippen molar-refractivity contribution in [3.05, 3.63) is 0 Å². The van der Waals surface area contributed by atoms with Crippen molar-refractivity contribution in [1.29, 1.82) is 5.26 Å². The van der Waals surface area contributed by atoms with Gasteiger partial charge in [-0.15, -0.1) is 0 Å². The van der Waals surface area contributed by atoms with E-state index in [9.17, 15) is 21.6 Å². The highest BCUT2D eigenvalue weighted by molar-refractivity contribution is 7.87. The van der Waals surface area contributed by atoms with Crippen molar-refractivity contribution in [2.45, 2.75) is 50.7 Å². The highest BCUT2D eigenvalue weighted by Gasteiger charge is 2.39. The van der Waals surface area contributed by atoms with Gasteiger partial charge in [-0.1, -0.05) is 13.3 Å². The number of hydrogen-bond acceptors (Lipinski definition) is 3. The molecule has 0 atom stereocenters. The molecule has 1 aliphatic rings. The van der Waals surface area contributed by atoms with Gasteiger partial charge in [0.15, 0.2) is 0 Å². The van der Waals surface area contributed by atoms with E-state index in [0.717, 1.165) is 6.42 Å². The summed E-state index contributed by atoms with van der Waals surface area (Å²) in [4.78, 5) is 0. The molecule has 0 aromatic rings. The molecule has 20 heavy (non-hydrogen) atoms. The van der Waals surface area contributed by atoms with Crippen LogP contribution in [-0.2, 0) is 10.2 Å². The summed E-state index contributed by atoms with van der Waals surface area (Å²) in [5, 5.41) is 9.16. The molecular formula is C11H18F3N3O2S. The van der Waals surface area contributed by atoms with Crippen LogP contribution in [0, 0.1) is 17.2 Å². The Bertz CT molecular complexity index is 462. The first kappa shape index (κ1) is 17.2. The summed E-state index contributed by atoms with van der Waals surface area (Å²) in [5.74, 6) is 0.434. The minimum absolute atomic E-state index is 0.314. The number of nitriles is 1. The second-order valence-corrected chi connectivity index (χ2v) is 6.59. The fourth-order valence-corrected chi connectivity index (χ4v) is 3.48. The minimum Gasteiger partial charge on any atom is -0.196 e. The summed E-state index contributed by atoms with van der Waals surface area (Å²) < 4.78 is 62.7. The van der Waals surface area contributed by atoms with Gasteiger partial charge in [0.2, 0.25) is 0 Å². The number of halogens is 3. The van der Waals surface area contributed by atoms with Crippen LogP contribution in [0.25, 0.3) is 0 Å². The maximum atomic E-state index is 12.0. The van der Waals surface area contributed by atoms with Crippen LogP contribution in [0.2, 0.25) is 0 Å². The third-order valence-corrected chi connectivity index (χ3v) is 4.73. The number of hydrogen-bond donors (Lipinski definition) is 2. The van der Waals surface area contributed by atoms with Crippen molar-refractivity contribution < 1.29 is 21.6 Å². The maximum Gasteiger partial charge on any atom is 0.402 e. The lowest BCUT2D eigenvalue weighted by atomic mass is 9.77. The van der Waals surface area contributed by atoms with Crippen LogP contribution >= 0.6 is 0 Å². The molecule has 1 rings (SSSR count). The molecule has 1 fully saturated rings. The highest BCUT2D eigenvalue weighted by Crippen LogP contribution is 2.33. The van der Waals surface area contributed by atoms with Crippen LogP contribution in [0.5, 0.6) is 0 Å². The molecule has 0 aromatic carbocycles. The summed E-state index contributed by atoms with van der Waals surface area (Å²) in [6.45, 7) is 0.362. The molecule has 0 heterocycles. The van der Waals surface area contributed by atoms with Gasteiger partial charge in [-0.2, -0.15) is 36.3 Å². The Morgan fingerprint density at radius 2 is 1.90 bits per heavy atom. The van der Waals surface area contributed by atoms with Gasteiger partial charge in [-0.3, -0.25) is 0 Å². The smallest absolute Gasteiger partial charge is 0.196 e. The Labute approximate surface area is 116 Å². The molecule has 5 nitrogen and oxygen atoms in total. The van der Waals surface area contributed by atoms with E-state index in [4.69, 9.17) is 5.26 Å². The zero-order valence-corrected chi connectivity index (χ0v) is 11.9. The largest absolute Gasteiger partial charge is 0.402 e. The van der Waals surface area contributed by atoms with Crippen molar-refractivity contribution in [3.8, 4) is 6.07 Å². The third kappa shape index (κ3) is 5.26. The molecule has 1 saturated carbocycles. The summed E-state index contributed by atoms with van der Waals surface area (Å²) in [5.41, 5.74) is -1.30. The average Bonchev–Trinajstić information content (AvgIpc) is 2.36. The van der Waals surface area contributed by atoms with Gasteiger partial charge in [-0.25, -0.2) is 0 Å². The predicted molar refractivity (Wildman–Crippen MR) is 66.7 cm³/mol. The monoisotopic (exact) mass is 313 g/mol. The summed E-state index contributed by atoms with van der Waals surface area (Å²) in [6.07, 6.45) is -1.68. The molecule has 0 aromatic heterocycles. The van der Waals surface area contributed by atoms with Crippen LogP contribution in [0.15, 0.2) is 0 Å². The van der Waals surface area contributed by atoms with E-state index in [2.05, 4.69) is 4.72 Å². The first-order valence-corrected chi connectivity index (χ1v) is 7.86. The van der Waals surface area contributed by atoms with Gasteiger partial charge < -0.3 is 0 Å². The zero-order valence-electron chi connectivity index (χ0n) is 11.1. The second kappa shape index (κ2) is 6.28. The van der Waals surface area contributed by atoms with Crippen LogP contribution in [0.3, 0.4) is 0 Å². The Hall–Kier alpha value is -0.850. The molecule has 0 aliphatic heterocycles. The lowest BCUT2D eigenvalue weighted by Crippen LogP contribution is -2.54. The molecule has 0 radical (unpaired) electrons. The van der Waals surface area contributed by atoms with Crippen molar-refractivity contribution >= 4 is 10.2 Å². The Morgan fingerprint density at radius 3 is 2.30 bits per heavy atom. The van der Waals surface area contributed by atoms with Crippen molar-refractivity contribution in [3.63, 3.8) is 0 Å². The Kier molecular flexibility index (Phi) is 5.40. The normalized spacial score (nSPS) is 28.1. The minimum atomic E-state index is -4.63. The highest BCUT2D eigenvalue weighted by atomic mass is 32.2. The van der Waals surface area contributed by atoms with E-state index in [1.807, 2.05) is 13.0 Å². The van der Waals surface area contributed by atoms with E-state index >= 15 is 0 Å². The summed E-state index contributed by atoms with van der Waals surface area (Å²) in [7, 11) is -4.35. The molecule has 9 heteroatoms. The Morgan fingerprint density at radius 1 is 1.35 bits per heavy atom. The molecule has 0 bridgehead atoms. The topological polar surface area (TPSA) is 82.0 Å². The lowest BCUT2D eigenvalue weighted by Gasteiger charge is -2.34. The Balaban J connectivity index is 2.67. The van der Waals surface area contributed by atoms with E-state index in [0.29, 0.717) is 31.6 Å². The van der Waals surface area contributed by atoms with Gasteiger partial charge in [0, 0.05) is 0 Å². The number of alkyl halides is 3. The fraction of sp³-hybridized carbons (Fsp3) is 0.909. The van der Waals surface area contributed by atoms with Gasteiger partial charge in [0.05, 0.1) is 6.07 Å². The quantitative estimate of drug-likeness (QED) is 0.812. The number of nitrogens with one attached hydrogen (secondary N) is 2. The van der Waals surface area contributed by atoms with Crippen LogP contribution in [0.4, 0.5) is 13.2 Å². The molecule has 0 saturated heterocycles. The van der Waals surface area contributed by atoms with E-state index in [1.54, 1.807) is 0 Å². The van der Waals surface area contributed by atoms with Gasteiger partial charge >= 0.3 is 6.18 Å². The third-order valence-electron chi connectivity index (χ3n) is 3.54. The summed E-state index contributed by atoms with van der Waals surface area (Å²) >= 11 is 0. The first-order valence-electron chi connectivity index (χ1n) is 6.38. The standard InChI is InChI=1S/C11H18F3N3O2S/c1-2-9-3-5-10(7-15,6-4-9)17-20(18,19)16-8-11(12,13)14/h9,16-17H,2-6,8H2,1H3. The predicted octanol–water partition coefficient (Wildman–Crippen LogP) is 1.84. The number of nitrogens with zero attached hydrogens (tertiary/aromatic N) is 1. The molecule has 0 amide bonds. The van der Waals surface area contributed by atoms with Gasteiger partial charge in [0.25, 0.3) is 10.2 Å². The molecule has 1 aliphatic carbocycles. The summed E-state index contributed by atoms with van der Waals surface area (Å²) in [6, 6.07) is 1.90. The lowest BCUT2D eigenvalue weighted by molar-refractivity contribution is -0.121. The average molecular weight is 313 g/mol. The SMILES string of the molecule is CCC1CCC(C#N)(NS(=O)(=O)NCC(F)(F)F)CC1. The molecule has 116 valence electrons. The molecular weight excluding hydrogens is 295 g/mol.